The molecule has 0 bridgehead atoms. The minimum absolute atomic E-state index is 0.00215. The molecule has 1 aromatic carbocycles. The summed E-state index contributed by atoms with van der Waals surface area (Å²) in [6.07, 6.45) is 0. The van der Waals surface area contributed by atoms with Crippen LogP contribution in [-0.4, -0.2) is 49.5 Å². The molecule has 0 radical (unpaired) electrons. The third-order valence-electron chi connectivity index (χ3n) is 3.41. The van der Waals surface area contributed by atoms with Gasteiger partial charge in [0.05, 0.1) is 11.6 Å². The van der Waals surface area contributed by atoms with Crippen LogP contribution in [0.3, 0.4) is 0 Å². The molecule has 0 aliphatic carbocycles. The lowest BCUT2D eigenvalue weighted by atomic mass is 10.1. The van der Waals surface area contributed by atoms with Crippen molar-refractivity contribution in [3.05, 3.63) is 29.8 Å². The quantitative estimate of drug-likeness (QED) is 0.813. The third-order valence-corrected chi connectivity index (χ3v) is 3.41. The Bertz CT molecular complexity index is 510. The maximum Gasteiger partial charge on any atom is 0.163 e. The third kappa shape index (κ3) is 3.56. The van der Waals surface area contributed by atoms with Crippen LogP contribution >= 0.6 is 0 Å². The fraction of sp³-hybridized carbons (Fsp3) is 0.467. The summed E-state index contributed by atoms with van der Waals surface area (Å²) in [4.78, 5) is 13.6. The average molecular weight is 273 g/mol. The molecule has 1 atom stereocenters. The molecule has 5 nitrogen and oxygen atoms in total. The van der Waals surface area contributed by atoms with Crippen LogP contribution in [0.5, 0.6) is 5.75 Å². The van der Waals surface area contributed by atoms with Crippen LogP contribution in [0.2, 0.25) is 0 Å². The highest BCUT2D eigenvalue weighted by Gasteiger charge is 2.21. The Balaban J connectivity index is 1.90. The minimum Gasteiger partial charge on any atom is -0.491 e. The highest BCUT2D eigenvalue weighted by molar-refractivity contribution is 5.96. The second-order valence-electron chi connectivity index (χ2n) is 4.79. The van der Waals surface area contributed by atoms with Crippen molar-refractivity contribution >= 4 is 5.78 Å². The molecule has 0 spiro atoms. The molecule has 1 heterocycles. The van der Waals surface area contributed by atoms with E-state index in [1.54, 1.807) is 12.1 Å². The molecular weight excluding hydrogens is 254 g/mol. The lowest BCUT2D eigenvalue weighted by Gasteiger charge is -2.31. The molecule has 1 unspecified atom stereocenters. The number of hydrogen-bond acceptors (Lipinski definition) is 5. The first kappa shape index (κ1) is 14.5. The Morgan fingerprint density at radius 3 is 3.10 bits per heavy atom. The van der Waals surface area contributed by atoms with Crippen molar-refractivity contribution in [3.8, 4) is 11.8 Å². The zero-order valence-corrected chi connectivity index (χ0v) is 11.6. The number of benzene rings is 1. The van der Waals surface area contributed by atoms with Crippen LogP contribution in [0.4, 0.5) is 0 Å². The number of hydrogen-bond donors (Lipinski definition) is 1. The van der Waals surface area contributed by atoms with E-state index in [1.807, 2.05) is 12.1 Å². The minimum atomic E-state index is -0.101. The monoisotopic (exact) mass is 273 g/mol. The molecule has 2 rings (SSSR count). The largest absolute Gasteiger partial charge is 0.491 e. The number of nitrogens with one attached hydrogen (secondary N) is 1. The number of Topliss-reactive ketones (excluding diaryl/α,β-unsaturated/α-hetero) is 1. The van der Waals surface area contributed by atoms with Crippen LogP contribution in [0.15, 0.2) is 24.3 Å². The van der Waals surface area contributed by atoms with Gasteiger partial charge in [-0.05, 0) is 19.1 Å². The van der Waals surface area contributed by atoms with E-state index in [9.17, 15) is 4.79 Å². The lowest BCUT2D eigenvalue weighted by molar-refractivity contribution is 0.101. The van der Waals surface area contributed by atoms with Gasteiger partial charge in [0.25, 0.3) is 0 Å². The number of rotatable bonds is 5. The van der Waals surface area contributed by atoms with Crippen molar-refractivity contribution in [3.63, 3.8) is 0 Å². The highest BCUT2D eigenvalue weighted by atomic mass is 16.5. The number of piperazine rings is 1. The number of carbonyl (C=O) groups is 1. The topological polar surface area (TPSA) is 65.4 Å². The SMILES string of the molecule is CC(=O)c1ccccc1OCCN1CCNCC1C#N. The number of ketones is 1. The number of nitrogens with zero attached hydrogens (tertiary/aromatic N) is 2. The maximum absolute atomic E-state index is 11.5. The molecular formula is C15H19N3O2. The Morgan fingerprint density at radius 2 is 2.35 bits per heavy atom. The molecule has 1 aliphatic rings. The van der Waals surface area contributed by atoms with Crippen molar-refractivity contribution in [2.75, 3.05) is 32.8 Å². The molecule has 1 saturated heterocycles. The van der Waals surface area contributed by atoms with Gasteiger partial charge in [0.2, 0.25) is 0 Å². The van der Waals surface area contributed by atoms with E-state index < -0.39 is 0 Å². The molecule has 0 saturated carbocycles. The van der Waals surface area contributed by atoms with E-state index in [4.69, 9.17) is 10.00 Å². The Morgan fingerprint density at radius 1 is 1.55 bits per heavy atom. The standard InChI is InChI=1S/C15H19N3O2/c1-12(19)14-4-2-3-5-15(14)20-9-8-18-7-6-17-11-13(18)10-16/h2-5,13,17H,6-9,11H2,1H3. The van der Waals surface area contributed by atoms with E-state index in [0.29, 0.717) is 31.0 Å². The summed E-state index contributed by atoms with van der Waals surface area (Å²) in [5.41, 5.74) is 0.602. The fourth-order valence-corrected chi connectivity index (χ4v) is 2.30. The Kier molecular flexibility index (Phi) is 5.10. The van der Waals surface area contributed by atoms with Crippen molar-refractivity contribution < 1.29 is 9.53 Å². The van der Waals surface area contributed by atoms with Gasteiger partial charge < -0.3 is 10.1 Å². The second kappa shape index (κ2) is 7.04. The molecule has 1 fully saturated rings. The molecule has 0 amide bonds. The number of ether oxygens (including phenoxy) is 1. The number of nitriles is 1. The van der Waals surface area contributed by atoms with Gasteiger partial charge in [0.1, 0.15) is 18.4 Å². The van der Waals surface area contributed by atoms with Gasteiger partial charge in [0, 0.05) is 26.2 Å². The Hall–Kier alpha value is -1.90. The summed E-state index contributed by atoms with van der Waals surface area (Å²) in [5, 5.41) is 12.3. The lowest BCUT2D eigenvalue weighted by Crippen LogP contribution is -2.51. The van der Waals surface area contributed by atoms with Crippen LogP contribution in [0.25, 0.3) is 0 Å². The van der Waals surface area contributed by atoms with E-state index in [1.165, 1.54) is 6.92 Å². The molecule has 1 N–H and O–H groups in total. The summed E-state index contributed by atoms with van der Waals surface area (Å²) in [7, 11) is 0. The number of para-hydroxylation sites is 1. The van der Waals surface area contributed by atoms with Crippen molar-refractivity contribution in [1.29, 1.82) is 5.26 Å². The molecule has 5 heteroatoms. The van der Waals surface area contributed by atoms with Gasteiger partial charge in [-0.15, -0.1) is 0 Å². The van der Waals surface area contributed by atoms with Gasteiger partial charge in [0.15, 0.2) is 5.78 Å². The molecule has 20 heavy (non-hydrogen) atoms. The zero-order valence-electron chi connectivity index (χ0n) is 11.6. The Labute approximate surface area is 119 Å². The van der Waals surface area contributed by atoms with Gasteiger partial charge >= 0.3 is 0 Å². The first-order valence-electron chi connectivity index (χ1n) is 6.79. The first-order valence-corrected chi connectivity index (χ1v) is 6.79. The summed E-state index contributed by atoms with van der Waals surface area (Å²) < 4.78 is 5.70. The maximum atomic E-state index is 11.5. The predicted molar refractivity (Wildman–Crippen MR) is 75.8 cm³/mol. The zero-order chi connectivity index (χ0) is 14.4. The van der Waals surface area contributed by atoms with Crippen molar-refractivity contribution in [2.24, 2.45) is 0 Å². The normalized spacial score (nSPS) is 19.3. The first-order chi connectivity index (χ1) is 9.72. The summed E-state index contributed by atoms with van der Waals surface area (Å²) in [5.74, 6) is 0.612. The molecule has 1 aliphatic heterocycles. The van der Waals surface area contributed by atoms with Gasteiger partial charge in [-0.1, -0.05) is 12.1 Å². The molecule has 0 aromatic heterocycles. The van der Waals surface area contributed by atoms with Crippen LogP contribution < -0.4 is 10.1 Å². The van der Waals surface area contributed by atoms with Gasteiger partial charge in [-0.2, -0.15) is 5.26 Å². The van der Waals surface area contributed by atoms with E-state index in [-0.39, 0.29) is 11.8 Å². The van der Waals surface area contributed by atoms with Gasteiger partial charge in [-0.3, -0.25) is 9.69 Å². The van der Waals surface area contributed by atoms with Crippen LogP contribution in [0, 0.1) is 11.3 Å². The second-order valence-corrected chi connectivity index (χ2v) is 4.79. The predicted octanol–water partition coefficient (Wildman–Crippen LogP) is 1.07. The van der Waals surface area contributed by atoms with Crippen molar-refractivity contribution in [2.45, 2.75) is 13.0 Å². The molecule has 106 valence electrons. The fourth-order valence-electron chi connectivity index (χ4n) is 2.30. The average Bonchev–Trinajstić information content (AvgIpc) is 2.48. The summed E-state index contributed by atoms with van der Waals surface area (Å²) >= 11 is 0. The van der Waals surface area contributed by atoms with Crippen LogP contribution in [0.1, 0.15) is 17.3 Å². The smallest absolute Gasteiger partial charge is 0.163 e. The molecule has 1 aromatic rings. The van der Waals surface area contributed by atoms with E-state index >= 15 is 0 Å². The summed E-state index contributed by atoms with van der Waals surface area (Å²) in [6.45, 7) is 5.12. The van der Waals surface area contributed by atoms with Gasteiger partial charge in [-0.25, -0.2) is 0 Å². The highest BCUT2D eigenvalue weighted by Crippen LogP contribution is 2.18. The van der Waals surface area contributed by atoms with Crippen molar-refractivity contribution in [1.82, 2.24) is 10.2 Å². The van der Waals surface area contributed by atoms with E-state index in [2.05, 4.69) is 16.3 Å². The summed E-state index contributed by atoms with van der Waals surface area (Å²) in [6, 6.07) is 9.43. The van der Waals surface area contributed by atoms with E-state index in [0.717, 1.165) is 13.1 Å². The van der Waals surface area contributed by atoms with Crippen LogP contribution in [-0.2, 0) is 0 Å². The number of carbonyl (C=O) groups excluding carboxylic acids is 1.